The van der Waals surface area contributed by atoms with E-state index in [1.807, 2.05) is 0 Å². The molecule has 1 unspecified atom stereocenters. The lowest BCUT2D eigenvalue weighted by atomic mass is 10.0. The second kappa shape index (κ2) is 5.14. The molecule has 1 aromatic carbocycles. The molecule has 4 nitrogen and oxygen atoms in total. The first-order valence-electron chi connectivity index (χ1n) is 4.39. The Morgan fingerprint density at radius 2 is 2.13 bits per heavy atom. The number of hydrogen-bond donors (Lipinski definition) is 3. The van der Waals surface area contributed by atoms with E-state index in [9.17, 15) is 15.0 Å². The lowest BCUT2D eigenvalue weighted by molar-refractivity contribution is -0.137. The lowest BCUT2D eigenvalue weighted by Crippen LogP contribution is -2.02. The molecule has 0 aliphatic heterocycles. The number of aliphatic hydroxyl groups is 1. The van der Waals surface area contributed by atoms with E-state index in [4.69, 9.17) is 5.11 Å². The van der Waals surface area contributed by atoms with Gasteiger partial charge in [0.2, 0.25) is 0 Å². The fourth-order valence-electron chi connectivity index (χ4n) is 1.21. The molecule has 0 aliphatic carbocycles. The maximum atomic E-state index is 10.3. The van der Waals surface area contributed by atoms with Gasteiger partial charge in [0, 0.05) is 16.5 Å². The van der Waals surface area contributed by atoms with Gasteiger partial charge < -0.3 is 15.3 Å². The second-order valence-electron chi connectivity index (χ2n) is 3.15. The van der Waals surface area contributed by atoms with Crippen molar-refractivity contribution in [2.45, 2.75) is 18.9 Å². The van der Waals surface area contributed by atoms with Crippen LogP contribution in [-0.4, -0.2) is 21.3 Å². The van der Waals surface area contributed by atoms with Gasteiger partial charge in [0.15, 0.2) is 0 Å². The minimum Gasteiger partial charge on any atom is -0.508 e. The number of phenolic OH excluding ortho intramolecular Hbond substituents is 1. The molecule has 82 valence electrons. The highest BCUT2D eigenvalue weighted by Crippen LogP contribution is 2.29. The number of carboxylic acids is 1. The first-order valence-corrected chi connectivity index (χ1v) is 5.18. The smallest absolute Gasteiger partial charge is 0.303 e. The predicted octanol–water partition coefficient (Wildman–Crippen LogP) is 2.05. The Bertz CT molecular complexity index is 364. The van der Waals surface area contributed by atoms with Crippen molar-refractivity contribution >= 4 is 21.9 Å². The van der Waals surface area contributed by atoms with Crippen molar-refractivity contribution in [1.82, 2.24) is 0 Å². The molecule has 15 heavy (non-hydrogen) atoms. The zero-order valence-corrected chi connectivity index (χ0v) is 9.44. The van der Waals surface area contributed by atoms with Gasteiger partial charge in [0.25, 0.3) is 0 Å². The Labute approximate surface area is 95.3 Å². The number of aromatic hydroxyl groups is 1. The molecule has 0 amide bonds. The van der Waals surface area contributed by atoms with Crippen LogP contribution in [0.25, 0.3) is 0 Å². The molecule has 0 fully saturated rings. The zero-order chi connectivity index (χ0) is 11.4. The standard InChI is InChI=1S/C10H11BrO4/c11-6-1-2-8(12)7(5-6)9(13)3-4-10(14)15/h1-2,5,9,12-13H,3-4H2,(H,14,15). The molecule has 0 saturated heterocycles. The van der Waals surface area contributed by atoms with Crippen molar-refractivity contribution in [2.75, 3.05) is 0 Å². The average Bonchev–Trinajstić information content (AvgIpc) is 2.18. The summed E-state index contributed by atoms with van der Waals surface area (Å²) in [5.74, 6) is -1.00. The summed E-state index contributed by atoms with van der Waals surface area (Å²) in [6.45, 7) is 0. The maximum Gasteiger partial charge on any atom is 0.303 e. The van der Waals surface area contributed by atoms with Gasteiger partial charge in [-0.15, -0.1) is 0 Å². The first kappa shape index (κ1) is 12.0. The molecular weight excluding hydrogens is 264 g/mol. The van der Waals surface area contributed by atoms with Gasteiger partial charge in [-0.05, 0) is 24.6 Å². The lowest BCUT2D eigenvalue weighted by Gasteiger charge is -2.11. The molecule has 0 aliphatic rings. The topological polar surface area (TPSA) is 77.8 Å². The number of halogens is 1. The monoisotopic (exact) mass is 274 g/mol. The molecule has 3 N–H and O–H groups in total. The Morgan fingerprint density at radius 1 is 1.47 bits per heavy atom. The third-order valence-corrected chi connectivity index (χ3v) is 2.47. The summed E-state index contributed by atoms with van der Waals surface area (Å²) in [5, 5.41) is 27.5. The van der Waals surface area contributed by atoms with Crippen LogP contribution in [0.4, 0.5) is 0 Å². The van der Waals surface area contributed by atoms with Crippen LogP contribution in [0.15, 0.2) is 22.7 Å². The molecule has 0 radical (unpaired) electrons. The van der Waals surface area contributed by atoms with Gasteiger partial charge in [-0.3, -0.25) is 4.79 Å². The van der Waals surface area contributed by atoms with E-state index < -0.39 is 12.1 Å². The van der Waals surface area contributed by atoms with Crippen molar-refractivity contribution in [3.05, 3.63) is 28.2 Å². The van der Waals surface area contributed by atoms with E-state index >= 15 is 0 Å². The zero-order valence-electron chi connectivity index (χ0n) is 7.85. The van der Waals surface area contributed by atoms with Gasteiger partial charge in [-0.2, -0.15) is 0 Å². The Hall–Kier alpha value is -1.07. The quantitative estimate of drug-likeness (QED) is 0.785. The number of aliphatic hydroxyl groups excluding tert-OH is 1. The summed E-state index contributed by atoms with van der Waals surface area (Å²) < 4.78 is 0.727. The van der Waals surface area contributed by atoms with Gasteiger partial charge in [-0.25, -0.2) is 0 Å². The SMILES string of the molecule is O=C(O)CCC(O)c1cc(Br)ccc1O. The van der Waals surface area contributed by atoms with E-state index in [0.717, 1.165) is 4.47 Å². The van der Waals surface area contributed by atoms with Crippen molar-refractivity contribution in [3.63, 3.8) is 0 Å². The highest BCUT2D eigenvalue weighted by atomic mass is 79.9. The predicted molar refractivity (Wildman–Crippen MR) is 57.6 cm³/mol. The van der Waals surface area contributed by atoms with Crippen LogP contribution in [0, 0.1) is 0 Å². The van der Waals surface area contributed by atoms with Crippen LogP contribution < -0.4 is 0 Å². The highest BCUT2D eigenvalue weighted by molar-refractivity contribution is 9.10. The van der Waals surface area contributed by atoms with Crippen LogP contribution in [0.5, 0.6) is 5.75 Å². The minimum absolute atomic E-state index is 0.0314. The van der Waals surface area contributed by atoms with E-state index in [1.165, 1.54) is 6.07 Å². The van der Waals surface area contributed by atoms with Crippen molar-refractivity contribution in [2.24, 2.45) is 0 Å². The molecule has 1 atom stereocenters. The number of benzene rings is 1. The summed E-state index contributed by atoms with van der Waals surface area (Å²) >= 11 is 3.21. The van der Waals surface area contributed by atoms with Crippen molar-refractivity contribution < 1.29 is 20.1 Å². The molecule has 5 heteroatoms. The van der Waals surface area contributed by atoms with Crippen LogP contribution in [0.2, 0.25) is 0 Å². The molecule has 0 aromatic heterocycles. The van der Waals surface area contributed by atoms with Crippen LogP contribution in [-0.2, 0) is 4.79 Å². The van der Waals surface area contributed by atoms with E-state index in [1.54, 1.807) is 12.1 Å². The first-order chi connectivity index (χ1) is 7.00. The number of carboxylic acid groups (broad SMARTS) is 1. The largest absolute Gasteiger partial charge is 0.508 e. The van der Waals surface area contributed by atoms with Crippen LogP contribution in [0.1, 0.15) is 24.5 Å². The molecule has 0 saturated carbocycles. The van der Waals surface area contributed by atoms with E-state index in [0.29, 0.717) is 5.56 Å². The maximum absolute atomic E-state index is 10.3. The molecular formula is C10H11BrO4. The number of rotatable bonds is 4. The summed E-state index contributed by atoms with van der Waals surface area (Å²) in [4.78, 5) is 10.3. The van der Waals surface area contributed by atoms with E-state index in [-0.39, 0.29) is 18.6 Å². The minimum atomic E-state index is -0.969. The number of carbonyl (C=O) groups is 1. The van der Waals surface area contributed by atoms with Gasteiger partial charge in [0.1, 0.15) is 5.75 Å². The van der Waals surface area contributed by atoms with Crippen molar-refractivity contribution in [3.8, 4) is 5.75 Å². The molecule has 1 aromatic rings. The number of phenols is 1. The van der Waals surface area contributed by atoms with Gasteiger partial charge >= 0.3 is 5.97 Å². The summed E-state index contributed by atoms with van der Waals surface area (Å²) in [6, 6.07) is 4.66. The Morgan fingerprint density at radius 3 is 2.73 bits per heavy atom. The van der Waals surface area contributed by atoms with Gasteiger partial charge in [0.05, 0.1) is 6.10 Å². The van der Waals surface area contributed by atoms with Gasteiger partial charge in [-0.1, -0.05) is 15.9 Å². The Balaban J connectivity index is 2.76. The highest BCUT2D eigenvalue weighted by Gasteiger charge is 2.13. The molecule has 0 spiro atoms. The summed E-state index contributed by atoms with van der Waals surface area (Å²) in [6.07, 6.45) is -1.01. The fraction of sp³-hybridized carbons (Fsp3) is 0.300. The van der Waals surface area contributed by atoms with Crippen LogP contribution >= 0.6 is 15.9 Å². The third-order valence-electron chi connectivity index (χ3n) is 1.98. The molecule has 1 rings (SSSR count). The second-order valence-corrected chi connectivity index (χ2v) is 4.07. The molecule has 0 heterocycles. The number of aliphatic carboxylic acids is 1. The summed E-state index contributed by atoms with van der Waals surface area (Å²) in [7, 11) is 0. The normalized spacial score (nSPS) is 12.4. The van der Waals surface area contributed by atoms with E-state index in [2.05, 4.69) is 15.9 Å². The summed E-state index contributed by atoms with van der Waals surface area (Å²) in [5.41, 5.74) is 0.339. The number of hydrogen-bond acceptors (Lipinski definition) is 3. The third kappa shape index (κ3) is 3.53. The van der Waals surface area contributed by atoms with Crippen molar-refractivity contribution in [1.29, 1.82) is 0 Å². The average molecular weight is 275 g/mol. The molecule has 0 bridgehead atoms. The van der Waals surface area contributed by atoms with Crippen LogP contribution in [0.3, 0.4) is 0 Å². The fourth-order valence-corrected chi connectivity index (χ4v) is 1.59. The Kier molecular flexibility index (Phi) is 4.11.